The van der Waals surface area contributed by atoms with E-state index in [2.05, 4.69) is 4.74 Å². The fourth-order valence-electron chi connectivity index (χ4n) is 0.865. The number of hydrogen-bond acceptors (Lipinski definition) is 4. The molecule has 1 heterocycles. The van der Waals surface area contributed by atoms with Crippen LogP contribution in [-0.2, 0) is 9.84 Å². The Balaban J connectivity index is 2.53. The molecule has 5 nitrogen and oxygen atoms in total. The summed E-state index contributed by atoms with van der Waals surface area (Å²) in [5.41, 5.74) is 0. The highest BCUT2D eigenvalue weighted by atomic mass is 16.6. The van der Waals surface area contributed by atoms with Gasteiger partial charge in [-0.25, -0.2) is 0 Å². The zero-order valence-electron chi connectivity index (χ0n) is 5.17. The van der Waals surface area contributed by atoms with Crippen molar-refractivity contribution in [3.8, 4) is 0 Å². The van der Waals surface area contributed by atoms with E-state index in [1.807, 2.05) is 0 Å². The predicted molar refractivity (Wildman–Crippen MR) is 28.4 cm³/mol. The van der Waals surface area contributed by atoms with Gasteiger partial charge in [-0.3, -0.25) is 0 Å². The second kappa shape index (κ2) is 2.81. The smallest absolute Gasteiger partial charge is 0.220 e. The van der Waals surface area contributed by atoms with Crippen molar-refractivity contribution < 1.29 is 25.2 Å². The molecule has 0 bridgehead atoms. The number of aliphatic hydroxyl groups excluding tert-OH is 3. The van der Waals surface area contributed by atoms with Gasteiger partial charge in [-0.15, -0.1) is 0 Å². The van der Waals surface area contributed by atoms with Gasteiger partial charge < -0.3 is 20.1 Å². The maximum atomic E-state index is 10.5. The van der Waals surface area contributed by atoms with Crippen LogP contribution in [0.1, 0.15) is 0 Å². The molecule has 1 aliphatic heterocycles. The number of aliphatic hydroxyl groups is 3. The van der Waals surface area contributed by atoms with Gasteiger partial charge >= 0.3 is 0 Å². The highest BCUT2D eigenvalue weighted by molar-refractivity contribution is 4.84. The molecule has 0 saturated carbocycles. The molecule has 1 unspecified atom stereocenters. The van der Waals surface area contributed by atoms with Crippen LogP contribution in [0.25, 0.3) is 0 Å². The van der Waals surface area contributed by atoms with Gasteiger partial charge in [0.15, 0.2) is 0 Å². The summed E-state index contributed by atoms with van der Waals surface area (Å²) in [6, 6.07) is 0. The normalized spacial score (nSPS) is 48.0. The molecule has 0 spiro atoms. The van der Waals surface area contributed by atoms with E-state index in [-0.39, 0.29) is 0 Å². The van der Waals surface area contributed by atoms with Crippen LogP contribution in [0.5, 0.6) is 0 Å². The van der Waals surface area contributed by atoms with E-state index in [1.165, 1.54) is 0 Å². The molecule has 10 heavy (non-hydrogen) atoms. The van der Waals surface area contributed by atoms with Crippen molar-refractivity contribution in [3.05, 3.63) is 0 Å². The lowest BCUT2D eigenvalue weighted by Gasteiger charge is -2.09. The van der Waals surface area contributed by atoms with Crippen molar-refractivity contribution in [1.82, 2.24) is 0 Å². The van der Waals surface area contributed by atoms with E-state index >= 15 is 0 Å². The Labute approximate surface area is 57.5 Å². The van der Waals surface area contributed by atoms with Gasteiger partial charge in [0.1, 0.15) is 18.3 Å². The molecular weight excluding hydrogens is 140 g/mol. The summed E-state index contributed by atoms with van der Waals surface area (Å²) in [6.07, 6.45) is -5.24. The summed E-state index contributed by atoms with van der Waals surface area (Å²) in [6.45, 7) is -0.447. The fourth-order valence-corrected chi connectivity index (χ4v) is 0.865. The molecule has 3 N–H and O–H groups in total. The van der Waals surface area contributed by atoms with Gasteiger partial charge in [-0.1, -0.05) is 0 Å². The highest BCUT2D eigenvalue weighted by Gasteiger charge is 2.42. The van der Waals surface area contributed by atoms with Crippen molar-refractivity contribution in [3.63, 3.8) is 0 Å². The van der Waals surface area contributed by atoms with Gasteiger partial charge in [0.2, 0.25) is 6.29 Å². The standard InChI is InChI=1S/C5H9O5/c6-1-2-3(7)4(8)5(9)10-2/h2-8H,1H2/t2-,3-,4+,5?/m0/s1. The first kappa shape index (κ1) is 7.90. The third kappa shape index (κ3) is 1.14. The van der Waals surface area contributed by atoms with Crippen LogP contribution in [0, 0.1) is 0 Å². The summed E-state index contributed by atoms with van der Waals surface area (Å²) >= 11 is 0. The van der Waals surface area contributed by atoms with E-state index in [9.17, 15) is 5.11 Å². The summed E-state index contributed by atoms with van der Waals surface area (Å²) in [7, 11) is 0. The topological polar surface area (TPSA) is 89.8 Å². The number of rotatable bonds is 1. The molecule has 0 aromatic rings. The van der Waals surface area contributed by atoms with Crippen molar-refractivity contribution in [2.45, 2.75) is 24.6 Å². The lowest BCUT2D eigenvalue weighted by Crippen LogP contribution is -2.33. The second-order valence-corrected chi connectivity index (χ2v) is 2.21. The maximum absolute atomic E-state index is 10.5. The Morgan fingerprint density at radius 1 is 1.30 bits per heavy atom. The lowest BCUT2D eigenvalue weighted by molar-refractivity contribution is -0.168. The van der Waals surface area contributed by atoms with E-state index in [4.69, 9.17) is 15.3 Å². The lowest BCUT2D eigenvalue weighted by atomic mass is 10.1. The number of hydrogen-bond donors (Lipinski definition) is 3. The van der Waals surface area contributed by atoms with Crippen molar-refractivity contribution in [2.75, 3.05) is 6.61 Å². The fraction of sp³-hybridized carbons (Fsp3) is 1.00. The third-order valence-electron chi connectivity index (χ3n) is 1.50. The minimum atomic E-state index is -1.63. The van der Waals surface area contributed by atoms with E-state index < -0.39 is 31.2 Å². The Kier molecular flexibility index (Phi) is 2.22. The molecule has 59 valence electrons. The van der Waals surface area contributed by atoms with Crippen molar-refractivity contribution in [2.24, 2.45) is 0 Å². The van der Waals surface area contributed by atoms with Crippen LogP contribution in [0.4, 0.5) is 0 Å². The van der Waals surface area contributed by atoms with Crippen LogP contribution in [-0.4, -0.2) is 46.5 Å². The molecule has 0 amide bonds. The van der Waals surface area contributed by atoms with Crippen molar-refractivity contribution >= 4 is 0 Å². The minimum absolute atomic E-state index is 0.447. The Morgan fingerprint density at radius 2 is 1.90 bits per heavy atom. The molecule has 5 heteroatoms. The quantitative estimate of drug-likeness (QED) is 0.396. The first-order valence-electron chi connectivity index (χ1n) is 2.95. The molecular formula is C5H9O5. The molecule has 1 radical (unpaired) electrons. The molecule has 0 aromatic heterocycles. The predicted octanol–water partition coefficient (Wildman–Crippen LogP) is -2.14. The minimum Gasteiger partial charge on any atom is -0.394 e. The summed E-state index contributed by atoms with van der Waals surface area (Å²) in [5.74, 6) is 0. The van der Waals surface area contributed by atoms with Crippen LogP contribution in [0.15, 0.2) is 0 Å². The largest absolute Gasteiger partial charge is 0.394 e. The van der Waals surface area contributed by atoms with Crippen LogP contribution in [0.2, 0.25) is 0 Å². The van der Waals surface area contributed by atoms with Gasteiger partial charge in [0.25, 0.3) is 0 Å². The average Bonchev–Trinajstić information content (AvgIpc) is 2.17. The van der Waals surface area contributed by atoms with Gasteiger partial charge in [0, 0.05) is 0 Å². The molecule has 0 aromatic carbocycles. The van der Waals surface area contributed by atoms with E-state index in [0.717, 1.165) is 0 Å². The molecule has 1 fully saturated rings. The first-order valence-corrected chi connectivity index (χ1v) is 2.95. The zero-order chi connectivity index (χ0) is 7.72. The molecule has 1 saturated heterocycles. The maximum Gasteiger partial charge on any atom is 0.220 e. The average molecular weight is 149 g/mol. The van der Waals surface area contributed by atoms with E-state index in [1.54, 1.807) is 0 Å². The first-order chi connectivity index (χ1) is 4.66. The van der Waals surface area contributed by atoms with E-state index in [0.29, 0.717) is 0 Å². The zero-order valence-corrected chi connectivity index (χ0v) is 5.17. The van der Waals surface area contributed by atoms with Crippen LogP contribution in [0.3, 0.4) is 0 Å². The van der Waals surface area contributed by atoms with Gasteiger partial charge in [-0.2, -0.15) is 5.11 Å². The highest BCUT2D eigenvalue weighted by Crippen LogP contribution is 2.18. The van der Waals surface area contributed by atoms with Gasteiger partial charge in [-0.05, 0) is 0 Å². The van der Waals surface area contributed by atoms with Crippen molar-refractivity contribution in [1.29, 1.82) is 0 Å². The Bertz CT molecular complexity index is 117. The summed E-state index contributed by atoms with van der Waals surface area (Å²) < 4.78 is 4.43. The van der Waals surface area contributed by atoms with Gasteiger partial charge in [0.05, 0.1) is 6.61 Å². The Hall–Kier alpha value is -0.200. The molecule has 1 aliphatic rings. The third-order valence-corrected chi connectivity index (χ3v) is 1.50. The summed E-state index contributed by atoms with van der Waals surface area (Å²) in [5, 5.41) is 36.6. The monoisotopic (exact) mass is 149 g/mol. The molecule has 4 atom stereocenters. The Morgan fingerprint density at radius 3 is 2.10 bits per heavy atom. The molecule has 0 aliphatic carbocycles. The van der Waals surface area contributed by atoms with Crippen LogP contribution >= 0.6 is 0 Å². The summed E-state index contributed by atoms with van der Waals surface area (Å²) in [4.78, 5) is 0. The second-order valence-electron chi connectivity index (χ2n) is 2.21. The molecule has 1 rings (SSSR count). The SMILES string of the molecule is [O]C1O[C@@H](CO)[C@H](O)[C@H]1O. The van der Waals surface area contributed by atoms with Crippen LogP contribution < -0.4 is 0 Å². The number of ether oxygens (including phenoxy) is 1.